The molecule has 6 nitrogen and oxygen atoms in total. The first-order valence-electron chi connectivity index (χ1n) is 10.5. The van der Waals surface area contributed by atoms with E-state index in [1.54, 1.807) is 56.3 Å². The lowest BCUT2D eigenvalue weighted by Crippen LogP contribution is -2.38. The van der Waals surface area contributed by atoms with Gasteiger partial charge in [0.15, 0.2) is 0 Å². The summed E-state index contributed by atoms with van der Waals surface area (Å²) in [7, 11) is -2.55. The molecule has 1 N–H and O–H groups in total. The highest BCUT2D eigenvalue weighted by Gasteiger charge is 2.30. The van der Waals surface area contributed by atoms with E-state index in [1.165, 1.54) is 7.11 Å². The molecule has 0 saturated heterocycles. The SMILES string of the molecule is COc1ccc(Cl)cc1NC(=O)CN(Cc1ccc(Cl)cc1)S(=O)(=O)c1c(C)cc(C)cc1C. The monoisotopic (exact) mass is 520 g/mol. The molecule has 180 valence electrons. The minimum Gasteiger partial charge on any atom is -0.495 e. The average Bonchev–Trinajstić information content (AvgIpc) is 2.74. The van der Waals surface area contributed by atoms with Gasteiger partial charge in [0.05, 0.1) is 24.2 Å². The number of hydrogen-bond acceptors (Lipinski definition) is 4. The summed E-state index contributed by atoms with van der Waals surface area (Å²) in [5.74, 6) is -0.115. The maximum Gasteiger partial charge on any atom is 0.244 e. The van der Waals surface area contributed by atoms with Crippen LogP contribution in [0.15, 0.2) is 59.5 Å². The molecule has 3 aromatic rings. The molecular weight excluding hydrogens is 495 g/mol. The number of methoxy groups -OCH3 is 1. The Bertz CT molecular complexity index is 1290. The summed E-state index contributed by atoms with van der Waals surface area (Å²) in [5, 5.41) is 3.66. The fourth-order valence-corrected chi connectivity index (χ4v) is 5.94. The van der Waals surface area contributed by atoms with Crippen LogP contribution < -0.4 is 10.1 Å². The summed E-state index contributed by atoms with van der Waals surface area (Å²) in [5.41, 5.74) is 3.25. The average molecular weight is 521 g/mol. The summed E-state index contributed by atoms with van der Waals surface area (Å²) < 4.78 is 34.0. The Morgan fingerprint density at radius 2 is 1.53 bits per heavy atom. The zero-order valence-electron chi connectivity index (χ0n) is 19.4. The van der Waals surface area contributed by atoms with Crippen LogP contribution in [-0.2, 0) is 21.4 Å². The number of amides is 1. The van der Waals surface area contributed by atoms with Crippen molar-refractivity contribution in [3.63, 3.8) is 0 Å². The van der Waals surface area contributed by atoms with Gasteiger partial charge in [-0.2, -0.15) is 4.31 Å². The Morgan fingerprint density at radius 3 is 2.12 bits per heavy atom. The molecule has 3 rings (SSSR count). The zero-order chi connectivity index (χ0) is 25.0. The highest BCUT2D eigenvalue weighted by atomic mass is 35.5. The summed E-state index contributed by atoms with van der Waals surface area (Å²) >= 11 is 12.0. The Kier molecular flexibility index (Phi) is 8.25. The van der Waals surface area contributed by atoms with Crippen molar-refractivity contribution in [2.24, 2.45) is 0 Å². The van der Waals surface area contributed by atoms with Gasteiger partial charge in [-0.3, -0.25) is 4.79 Å². The predicted octanol–water partition coefficient (Wildman–Crippen LogP) is 5.76. The second kappa shape index (κ2) is 10.8. The first kappa shape index (κ1) is 26.0. The highest BCUT2D eigenvalue weighted by Crippen LogP contribution is 2.29. The van der Waals surface area contributed by atoms with Gasteiger partial charge in [0, 0.05) is 16.6 Å². The molecule has 0 atom stereocenters. The van der Waals surface area contributed by atoms with Crippen LogP contribution in [0.5, 0.6) is 5.75 Å². The minimum absolute atomic E-state index is 0.00758. The van der Waals surface area contributed by atoms with Crippen molar-refractivity contribution >= 4 is 44.8 Å². The maximum atomic E-state index is 13.8. The third-order valence-corrected chi connectivity index (χ3v) is 7.82. The van der Waals surface area contributed by atoms with Gasteiger partial charge in [-0.25, -0.2) is 8.42 Å². The molecule has 0 aromatic heterocycles. The molecule has 1 amide bonds. The molecule has 0 radical (unpaired) electrons. The number of hydrogen-bond donors (Lipinski definition) is 1. The Hall–Kier alpha value is -2.58. The van der Waals surface area contributed by atoms with Crippen molar-refractivity contribution in [2.45, 2.75) is 32.2 Å². The fraction of sp³-hybridized carbons (Fsp3) is 0.240. The molecule has 0 aliphatic heterocycles. The van der Waals surface area contributed by atoms with Crippen molar-refractivity contribution in [1.29, 1.82) is 0 Å². The van der Waals surface area contributed by atoms with Gasteiger partial charge in [0.2, 0.25) is 15.9 Å². The van der Waals surface area contributed by atoms with E-state index in [2.05, 4.69) is 5.32 Å². The number of rotatable bonds is 8. The van der Waals surface area contributed by atoms with Crippen LogP contribution in [0.3, 0.4) is 0 Å². The van der Waals surface area contributed by atoms with Gasteiger partial charge >= 0.3 is 0 Å². The molecule has 0 aliphatic rings. The van der Waals surface area contributed by atoms with Gasteiger partial charge in [-0.15, -0.1) is 0 Å². The molecule has 0 heterocycles. The Balaban J connectivity index is 1.98. The van der Waals surface area contributed by atoms with Crippen molar-refractivity contribution < 1.29 is 17.9 Å². The lowest BCUT2D eigenvalue weighted by atomic mass is 10.1. The largest absolute Gasteiger partial charge is 0.495 e. The van der Waals surface area contributed by atoms with Crippen LogP contribution >= 0.6 is 23.2 Å². The van der Waals surface area contributed by atoms with E-state index >= 15 is 0 Å². The number of sulfonamides is 1. The van der Waals surface area contributed by atoms with Crippen molar-refractivity contribution in [1.82, 2.24) is 4.31 Å². The molecule has 0 aliphatic carbocycles. The van der Waals surface area contributed by atoms with E-state index in [1.807, 2.05) is 19.1 Å². The lowest BCUT2D eigenvalue weighted by Gasteiger charge is -2.24. The summed E-state index contributed by atoms with van der Waals surface area (Å²) in [6.07, 6.45) is 0. The molecule has 0 spiro atoms. The summed E-state index contributed by atoms with van der Waals surface area (Å²) in [6.45, 7) is 5.00. The third-order valence-electron chi connectivity index (χ3n) is 5.23. The van der Waals surface area contributed by atoms with Gasteiger partial charge in [-0.05, 0) is 67.8 Å². The molecule has 34 heavy (non-hydrogen) atoms. The molecule has 0 fully saturated rings. The molecule has 0 bridgehead atoms. The molecule has 9 heteroatoms. The van der Waals surface area contributed by atoms with Crippen molar-refractivity contribution in [3.8, 4) is 5.75 Å². The van der Waals surface area contributed by atoms with Crippen LogP contribution in [0.4, 0.5) is 5.69 Å². The maximum absolute atomic E-state index is 13.8. The number of anilines is 1. The number of benzene rings is 3. The first-order valence-corrected chi connectivity index (χ1v) is 12.7. The number of ether oxygens (including phenoxy) is 1. The smallest absolute Gasteiger partial charge is 0.244 e. The van der Waals surface area contributed by atoms with Crippen LogP contribution in [0.1, 0.15) is 22.3 Å². The molecule has 0 unspecified atom stereocenters. The van der Waals surface area contributed by atoms with E-state index < -0.39 is 22.5 Å². The van der Waals surface area contributed by atoms with E-state index in [0.717, 1.165) is 9.87 Å². The van der Waals surface area contributed by atoms with Crippen LogP contribution in [0.25, 0.3) is 0 Å². The number of carbonyl (C=O) groups is 1. The highest BCUT2D eigenvalue weighted by molar-refractivity contribution is 7.89. The topological polar surface area (TPSA) is 75.7 Å². The summed E-state index contributed by atoms with van der Waals surface area (Å²) in [6, 6.07) is 15.3. The second-order valence-electron chi connectivity index (χ2n) is 8.02. The normalized spacial score (nSPS) is 11.5. The summed E-state index contributed by atoms with van der Waals surface area (Å²) in [4.78, 5) is 13.2. The van der Waals surface area contributed by atoms with Crippen molar-refractivity contribution in [3.05, 3.63) is 86.9 Å². The van der Waals surface area contributed by atoms with Gasteiger partial charge < -0.3 is 10.1 Å². The third kappa shape index (κ3) is 6.10. The van der Waals surface area contributed by atoms with Gasteiger partial charge in [-0.1, -0.05) is 53.0 Å². The van der Waals surface area contributed by atoms with E-state index in [-0.39, 0.29) is 11.4 Å². The van der Waals surface area contributed by atoms with Gasteiger partial charge in [0.25, 0.3) is 0 Å². The number of nitrogens with one attached hydrogen (secondary N) is 1. The number of nitrogens with zero attached hydrogens (tertiary/aromatic N) is 1. The van der Waals surface area contributed by atoms with E-state index in [9.17, 15) is 13.2 Å². The number of halogens is 2. The predicted molar refractivity (Wildman–Crippen MR) is 136 cm³/mol. The lowest BCUT2D eigenvalue weighted by molar-refractivity contribution is -0.116. The fourth-order valence-electron chi connectivity index (χ4n) is 3.85. The minimum atomic E-state index is -4.02. The molecule has 3 aromatic carbocycles. The van der Waals surface area contributed by atoms with Gasteiger partial charge in [0.1, 0.15) is 5.75 Å². The quantitative estimate of drug-likeness (QED) is 0.409. The Morgan fingerprint density at radius 1 is 0.941 bits per heavy atom. The van der Waals surface area contributed by atoms with Crippen LogP contribution in [0.2, 0.25) is 10.0 Å². The second-order valence-corrected chi connectivity index (χ2v) is 10.8. The van der Waals surface area contributed by atoms with Crippen molar-refractivity contribution in [2.75, 3.05) is 19.0 Å². The van der Waals surface area contributed by atoms with Crippen LogP contribution in [-0.4, -0.2) is 32.3 Å². The molecule has 0 saturated carbocycles. The van der Waals surface area contributed by atoms with Crippen LogP contribution in [0, 0.1) is 20.8 Å². The number of carbonyl (C=O) groups excluding carboxylic acids is 1. The first-order chi connectivity index (χ1) is 16.0. The standard InChI is InChI=1S/C25H26Cl2N2O4S/c1-16-11-17(2)25(18(3)12-16)34(31,32)29(14-19-5-7-20(26)8-6-19)15-24(30)28-22-13-21(27)9-10-23(22)33-4/h5-13H,14-15H2,1-4H3,(H,28,30). The molecular formula is C25H26Cl2N2O4S. The zero-order valence-corrected chi connectivity index (χ0v) is 21.7. The number of aryl methyl sites for hydroxylation is 3. The van der Waals surface area contributed by atoms with E-state index in [0.29, 0.717) is 38.2 Å². The Labute approximate surface area is 210 Å². The van der Waals surface area contributed by atoms with E-state index in [4.69, 9.17) is 27.9 Å².